The van der Waals surface area contributed by atoms with Crippen LogP contribution in [0.2, 0.25) is 0 Å². The highest BCUT2D eigenvalue weighted by molar-refractivity contribution is 6.03. The minimum atomic E-state index is -0.479. The number of pyridine rings is 1. The Morgan fingerprint density at radius 1 is 0.980 bits per heavy atom. The van der Waals surface area contributed by atoms with Gasteiger partial charge in [0.2, 0.25) is 5.91 Å². The second kappa shape index (κ2) is 13.9. The molecule has 8 rings (SSSR count). The van der Waals surface area contributed by atoms with Gasteiger partial charge in [0.1, 0.15) is 11.5 Å². The first-order valence-corrected chi connectivity index (χ1v) is 17.7. The molecule has 266 valence electrons. The van der Waals surface area contributed by atoms with E-state index in [1.54, 1.807) is 32.9 Å². The zero-order valence-corrected chi connectivity index (χ0v) is 28.7. The maximum Gasteiger partial charge on any atom is 0.270 e. The van der Waals surface area contributed by atoms with E-state index in [2.05, 4.69) is 31.3 Å². The van der Waals surface area contributed by atoms with Crippen molar-refractivity contribution in [3.05, 3.63) is 77.4 Å². The van der Waals surface area contributed by atoms with Crippen molar-refractivity contribution in [1.82, 2.24) is 39.7 Å². The zero-order chi connectivity index (χ0) is 35.1. The van der Waals surface area contributed by atoms with Crippen LogP contribution in [-0.2, 0) is 11.3 Å². The highest BCUT2D eigenvalue weighted by atomic mass is 19.1. The van der Waals surface area contributed by atoms with E-state index in [0.717, 1.165) is 42.4 Å². The van der Waals surface area contributed by atoms with Crippen molar-refractivity contribution in [2.75, 3.05) is 64.4 Å². The fourth-order valence-electron chi connectivity index (χ4n) is 7.54. The molecular formula is C37H41F2N9O3. The van der Waals surface area contributed by atoms with Crippen molar-refractivity contribution in [1.29, 1.82) is 0 Å². The Morgan fingerprint density at radius 3 is 2.55 bits per heavy atom. The first-order valence-electron chi connectivity index (χ1n) is 17.7. The van der Waals surface area contributed by atoms with Gasteiger partial charge >= 0.3 is 0 Å². The summed E-state index contributed by atoms with van der Waals surface area (Å²) in [7, 11) is 1.48. The summed E-state index contributed by atoms with van der Waals surface area (Å²) in [4.78, 5) is 42.5. The predicted molar refractivity (Wildman–Crippen MR) is 188 cm³/mol. The number of rotatable bonds is 9. The Bertz CT molecular complexity index is 2010. The average molecular weight is 698 g/mol. The Kier molecular flexibility index (Phi) is 9.01. The molecular weight excluding hydrogens is 656 g/mol. The fourth-order valence-corrected chi connectivity index (χ4v) is 7.54. The van der Waals surface area contributed by atoms with Crippen molar-refractivity contribution in [3.63, 3.8) is 0 Å². The van der Waals surface area contributed by atoms with E-state index in [1.807, 2.05) is 17.0 Å². The number of aromatic nitrogens is 5. The third-order valence-electron chi connectivity index (χ3n) is 10.5. The van der Waals surface area contributed by atoms with E-state index >= 15 is 4.39 Å². The van der Waals surface area contributed by atoms with Gasteiger partial charge in [-0.3, -0.25) is 19.2 Å². The number of fused-ring (bicyclic) bond motifs is 1. The molecule has 1 saturated carbocycles. The Balaban J connectivity index is 1.06. The van der Waals surface area contributed by atoms with Gasteiger partial charge in [0.25, 0.3) is 5.91 Å². The van der Waals surface area contributed by atoms with Crippen LogP contribution in [0.3, 0.4) is 0 Å². The summed E-state index contributed by atoms with van der Waals surface area (Å²) in [5, 5.41) is 8.44. The van der Waals surface area contributed by atoms with Crippen LogP contribution in [0.4, 0.5) is 14.6 Å². The lowest BCUT2D eigenvalue weighted by Crippen LogP contribution is -2.49. The summed E-state index contributed by atoms with van der Waals surface area (Å²) in [5.74, 6) is -0.263. The van der Waals surface area contributed by atoms with Crippen LogP contribution in [0.15, 0.2) is 48.9 Å². The highest BCUT2D eigenvalue weighted by Crippen LogP contribution is 2.38. The van der Waals surface area contributed by atoms with Gasteiger partial charge in [0.15, 0.2) is 17.4 Å². The number of hydrogen-bond donors (Lipinski definition) is 1. The molecule has 1 saturated heterocycles. The number of aryl methyl sites for hydroxylation is 1. The number of anilines is 1. The summed E-state index contributed by atoms with van der Waals surface area (Å²) < 4.78 is 37.4. The molecule has 0 unspecified atom stereocenters. The molecule has 0 atom stereocenters. The molecule has 12 nitrogen and oxygen atoms in total. The van der Waals surface area contributed by atoms with Gasteiger partial charge in [0.05, 0.1) is 31.6 Å². The molecule has 1 aromatic carbocycles. The number of ether oxygens (including phenoxy) is 1. The number of H-pyrrole nitrogens is 1. The molecule has 51 heavy (non-hydrogen) atoms. The molecule has 2 amide bonds. The van der Waals surface area contributed by atoms with E-state index < -0.39 is 11.6 Å². The number of carbonyl (C=O) groups excluding carboxylic acids is 2. The smallest absolute Gasteiger partial charge is 0.270 e. The number of piperazine rings is 1. The second-order valence-electron chi connectivity index (χ2n) is 13.7. The van der Waals surface area contributed by atoms with Crippen molar-refractivity contribution in [2.45, 2.75) is 44.7 Å². The minimum absolute atomic E-state index is 0.0190. The van der Waals surface area contributed by atoms with Gasteiger partial charge in [0, 0.05) is 88.0 Å². The Hall–Kier alpha value is -5.11. The second-order valence-corrected chi connectivity index (χ2v) is 13.7. The van der Waals surface area contributed by atoms with Crippen molar-refractivity contribution in [3.8, 4) is 5.75 Å². The number of nitrogens with zero attached hydrogens (tertiary/aromatic N) is 8. The number of methoxy groups -OCH3 is 1. The molecule has 1 N–H and O–H groups in total. The molecule has 1 aliphatic carbocycles. The summed E-state index contributed by atoms with van der Waals surface area (Å²) in [6.45, 7) is 4.87. The largest absolute Gasteiger partial charge is 0.493 e. The lowest BCUT2D eigenvalue weighted by molar-refractivity contribution is -0.131. The van der Waals surface area contributed by atoms with E-state index in [9.17, 15) is 14.0 Å². The van der Waals surface area contributed by atoms with E-state index in [-0.39, 0.29) is 18.2 Å². The number of hydrogen-bond acceptors (Lipinski definition) is 8. The van der Waals surface area contributed by atoms with Crippen molar-refractivity contribution >= 4 is 39.7 Å². The van der Waals surface area contributed by atoms with Crippen LogP contribution in [-0.4, -0.2) is 117 Å². The minimum Gasteiger partial charge on any atom is -0.493 e. The van der Waals surface area contributed by atoms with Gasteiger partial charge < -0.3 is 24.4 Å². The SMILES string of the molecule is COc1cc(F)cnc1N1CCN(C(=O)c2cc3c(C4=CCN(C5CC5)CC4)cc(C4=CCCN(C(=O)CCn5ccnn5)C4)c(F)c3[nH]2)CC1. The average Bonchev–Trinajstić information content (AvgIpc) is 3.69. The number of amides is 2. The van der Waals surface area contributed by atoms with Crippen LogP contribution in [0, 0.1) is 11.6 Å². The van der Waals surface area contributed by atoms with Crippen LogP contribution in [0.1, 0.15) is 53.7 Å². The quantitative estimate of drug-likeness (QED) is 0.275. The van der Waals surface area contributed by atoms with Gasteiger partial charge in [-0.2, -0.15) is 0 Å². The number of nitrogens with one attached hydrogen (secondary N) is 1. The Labute approximate surface area is 294 Å². The highest BCUT2D eigenvalue weighted by Gasteiger charge is 2.32. The maximum atomic E-state index is 16.7. The molecule has 6 heterocycles. The molecule has 4 aromatic rings. The van der Waals surface area contributed by atoms with Crippen molar-refractivity contribution in [2.24, 2.45) is 0 Å². The number of carbonyl (C=O) groups is 2. The standard InChI is InChI=1S/C37H41F2N9O3/c1-51-32-19-26(38)22-40-36(32)45-15-17-46(18-16-45)37(50)31-21-30-28(24-6-11-44(12-7-24)27-4-5-27)20-29(34(39)35(30)42-31)25-3-2-10-47(23-25)33(49)8-13-48-14-9-41-43-48/h3,6,9,14,19-22,27,42H,2,4-5,7-8,10-13,15-18,23H2,1H3. The van der Waals surface area contributed by atoms with Gasteiger partial charge in [-0.25, -0.2) is 13.8 Å². The van der Waals surface area contributed by atoms with Gasteiger partial charge in [-0.05, 0) is 54.5 Å². The molecule has 3 aliphatic heterocycles. The van der Waals surface area contributed by atoms with E-state index in [4.69, 9.17) is 4.74 Å². The topological polar surface area (TPSA) is 116 Å². The first kappa shape index (κ1) is 33.1. The normalized spacial score (nSPS) is 18.6. The zero-order valence-electron chi connectivity index (χ0n) is 28.7. The summed E-state index contributed by atoms with van der Waals surface area (Å²) in [6, 6.07) is 5.68. The number of benzene rings is 1. The Morgan fingerprint density at radius 2 is 1.82 bits per heavy atom. The van der Waals surface area contributed by atoms with Crippen LogP contribution < -0.4 is 9.64 Å². The molecule has 14 heteroatoms. The summed E-state index contributed by atoms with van der Waals surface area (Å²) in [5.41, 5.74) is 3.89. The first-order chi connectivity index (χ1) is 24.9. The van der Waals surface area contributed by atoms with Crippen LogP contribution in [0.5, 0.6) is 5.75 Å². The molecule has 0 spiro atoms. The third kappa shape index (κ3) is 6.72. The molecule has 2 fully saturated rings. The lowest BCUT2D eigenvalue weighted by atomic mass is 9.91. The van der Waals surface area contributed by atoms with Crippen LogP contribution >= 0.6 is 0 Å². The van der Waals surface area contributed by atoms with Gasteiger partial charge in [-0.15, -0.1) is 5.10 Å². The monoisotopic (exact) mass is 697 g/mol. The predicted octanol–water partition coefficient (Wildman–Crippen LogP) is 4.36. The van der Waals surface area contributed by atoms with Crippen molar-refractivity contribution < 1.29 is 23.1 Å². The maximum absolute atomic E-state index is 16.7. The summed E-state index contributed by atoms with van der Waals surface area (Å²) in [6.07, 6.45) is 12.9. The molecule has 4 aliphatic rings. The molecule has 3 aromatic heterocycles. The number of halogens is 2. The molecule has 0 radical (unpaired) electrons. The van der Waals surface area contributed by atoms with Crippen LogP contribution in [0.25, 0.3) is 22.0 Å². The number of aromatic amines is 1. The van der Waals surface area contributed by atoms with E-state index in [1.165, 1.54) is 26.0 Å². The third-order valence-corrected chi connectivity index (χ3v) is 10.5. The summed E-state index contributed by atoms with van der Waals surface area (Å²) >= 11 is 0. The molecule has 0 bridgehead atoms. The van der Waals surface area contributed by atoms with E-state index in [0.29, 0.717) is 92.0 Å². The lowest BCUT2D eigenvalue weighted by Gasteiger charge is -2.35. The van der Waals surface area contributed by atoms with Gasteiger partial charge in [-0.1, -0.05) is 17.4 Å². The fraction of sp³-hybridized carbons (Fsp3) is 0.432.